The standard InChI is InChI=1S/C17H19N3O/c1-2-9-21-14-7-3-5-12(10-14)17-19-15-8-4-6-13(11-18)16(15)20-17/h3-8,10H,2,9,11,18H2,1H3,(H,19,20). The van der Waals surface area contributed by atoms with Crippen molar-refractivity contribution in [3.63, 3.8) is 0 Å². The molecule has 0 radical (unpaired) electrons. The molecule has 1 heterocycles. The zero-order chi connectivity index (χ0) is 14.7. The Bertz CT molecular complexity index is 749. The van der Waals surface area contributed by atoms with Gasteiger partial charge in [-0.15, -0.1) is 0 Å². The molecule has 4 nitrogen and oxygen atoms in total. The second-order valence-electron chi connectivity index (χ2n) is 4.98. The molecule has 3 aromatic rings. The van der Waals surface area contributed by atoms with Gasteiger partial charge in [-0.05, 0) is 30.2 Å². The number of hydrogen-bond acceptors (Lipinski definition) is 3. The van der Waals surface area contributed by atoms with Gasteiger partial charge in [0.15, 0.2) is 0 Å². The normalized spacial score (nSPS) is 11.0. The van der Waals surface area contributed by atoms with Crippen molar-refractivity contribution in [1.82, 2.24) is 9.97 Å². The van der Waals surface area contributed by atoms with Gasteiger partial charge >= 0.3 is 0 Å². The fraction of sp³-hybridized carbons (Fsp3) is 0.235. The minimum Gasteiger partial charge on any atom is -0.494 e. The van der Waals surface area contributed by atoms with E-state index in [1.165, 1.54) is 0 Å². The lowest BCUT2D eigenvalue weighted by Gasteiger charge is -2.05. The molecule has 21 heavy (non-hydrogen) atoms. The van der Waals surface area contributed by atoms with Gasteiger partial charge in [0.2, 0.25) is 0 Å². The number of benzene rings is 2. The second kappa shape index (κ2) is 5.97. The van der Waals surface area contributed by atoms with E-state index in [0.717, 1.165) is 46.8 Å². The molecule has 1 aromatic heterocycles. The monoisotopic (exact) mass is 281 g/mol. The first-order valence-corrected chi connectivity index (χ1v) is 7.22. The molecule has 0 aliphatic carbocycles. The van der Waals surface area contributed by atoms with Gasteiger partial charge in [0.25, 0.3) is 0 Å². The molecule has 0 unspecified atom stereocenters. The Labute approximate surface area is 124 Å². The van der Waals surface area contributed by atoms with Crippen LogP contribution in [-0.2, 0) is 6.54 Å². The van der Waals surface area contributed by atoms with Crippen LogP contribution in [0.25, 0.3) is 22.4 Å². The summed E-state index contributed by atoms with van der Waals surface area (Å²) < 4.78 is 5.67. The first-order chi connectivity index (χ1) is 10.3. The van der Waals surface area contributed by atoms with Gasteiger partial charge in [0, 0.05) is 12.1 Å². The molecule has 0 spiro atoms. The first-order valence-electron chi connectivity index (χ1n) is 7.22. The highest BCUT2D eigenvalue weighted by molar-refractivity contribution is 5.82. The number of nitrogens with two attached hydrogens (primary N) is 1. The van der Waals surface area contributed by atoms with Crippen LogP contribution in [0.5, 0.6) is 5.75 Å². The van der Waals surface area contributed by atoms with Crippen LogP contribution >= 0.6 is 0 Å². The molecular weight excluding hydrogens is 262 g/mol. The minimum absolute atomic E-state index is 0.487. The lowest BCUT2D eigenvalue weighted by molar-refractivity contribution is 0.317. The van der Waals surface area contributed by atoms with E-state index in [0.29, 0.717) is 6.54 Å². The van der Waals surface area contributed by atoms with Crippen LogP contribution in [0.15, 0.2) is 42.5 Å². The Morgan fingerprint density at radius 1 is 1.19 bits per heavy atom. The molecule has 108 valence electrons. The fourth-order valence-electron chi connectivity index (χ4n) is 2.35. The van der Waals surface area contributed by atoms with Gasteiger partial charge in [0.1, 0.15) is 11.6 Å². The van der Waals surface area contributed by atoms with Crippen molar-refractivity contribution in [2.45, 2.75) is 19.9 Å². The van der Waals surface area contributed by atoms with Crippen LogP contribution in [-0.4, -0.2) is 16.6 Å². The average Bonchev–Trinajstić information content (AvgIpc) is 2.97. The topological polar surface area (TPSA) is 63.9 Å². The quantitative estimate of drug-likeness (QED) is 0.752. The van der Waals surface area contributed by atoms with Crippen LogP contribution in [0.2, 0.25) is 0 Å². The van der Waals surface area contributed by atoms with Gasteiger partial charge in [-0.25, -0.2) is 4.98 Å². The highest BCUT2D eigenvalue weighted by atomic mass is 16.5. The molecule has 0 bridgehead atoms. The Balaban J connectivity index is 2.00. The number of ether oxygens (including phenoxy) is 1. The van der Waals surface area contributed by atoms with Gasteiger partial charge in [-0.3, -0.25) is 0 Å². The van der Waals surface area contributed by atoms with Crippen molar-refractivity contribution >= 4 is 11.0 Å². The summed E-state index contributed by atoms with van der Waals surface area (Å²) in [5.41, 5.74) is 9.78. The summed E-state index contributed by atoms with van der Waals surface area (Å²) in [5, 5.41) is 0. The molecule has 0 amide bonds. The predicted molar refractivity (Wildman–Crippen MR) is 85.2 cm³/mol. The molecule has 2 aromatic carbocycles. The van der Waals surface area contributed by atoms with E-state index in [1.807, 2.05) is 42.5 Å². The Kier molecular flexibility index (Phi) is 3.88. The Hall–Kier alpha value is -2.33. The molecule has 0 saturated heterocycles. The average molecular weight is 281 g/mol. The Morgan fingerprint density at radius 3 is 2.86 bits per heavy atom. The van der Waals surface area contributed by atoms with Gasteiger partial charge in [-0.1, -0.05) is 31.2 Å². The highest BCUT2D eigenvalue weighted by Gasteiger charge is 2.08. The molecule has 3 rings (SSSR count). The van der Waals surface area contributed by atoms with Crippen LogP contribution in [0.4, 0.5) is 0 Å². The molecule has 0 atom stereocenters. The fourth-order valence-corrected chi connectivity index (χ4v) is 2.35. The van der Waals surface area contributed by atoms with E-state index in [2.05, 4.69) is 16.9 Å². The highest BCUT2D eigenvalue weighted by Crippen LogP contribution is 2.25. The van der Waals surface area contributed by atoms with Crippen molar-refractivity contribution in [3.8, 4) is 17.1 Å². The van der Waals surface area contributed by atoms with Crippen LogP contribution in [0, 0.1) is 0 Å². The van der Waals surface area contributed by atoms with Crippen molar-refractivity contribution in [2.24, 2.45) is 5.73 Å². The maximum Gasteiger partial charge on any atom is 0.138 e. The van der Waals surface area contributed by atoms with Gasteiger partial charge in [-0.2, -0.15) is 0 Å². The number of rotatable bonds is 5. The molecule has 0 aliphatic heterocycles. The van der Waals surface area contributed by atoms with Crippen molar-refractivity contribution < 1.29 is 4.74 Å². The third-order valence-electron chi connectivity index (χ3n) is 3.40. The summed E-state index contributed by atoms with van der Waals surface area (Å²) >= 11 is 0. The van der Waals surface area contributed by atoms with E-state index in [9.17, 15) is 0 Å². The number of fused-ring (bicyclic) bond motifs is 1. The van der Waals surface area contributed by atoms with Crippen LogP contribution < -0.4 is 10.5 Å². The number of aromatic amines is 1. The largest absolute Gasteiger partial charge is 0.494 e. The van der Waals surface area contributed by atoms with E-state index < -0.39 is 0 Å². The number of nitrogens with zero attached hydrogens (tertiary/aromatic N) is 1. The van der Waals surface area contributed by atoms with Gasteiger partial charge < -0.3 is 15.5 Å². The third kappa shape index (κ3) is 2.76. The number of nitrogens with one attached hydrogen (secondary N) is 1. The maximum atomic E-state index is 5.77. The number of aromatic nitrogens is 2. The number of hydrogen-bond donors (Lipinski definition) is 2. The minimum atomic E-state index is 0.487. The zero-order valence-corrected chi connectivity index (χ0v) is 12.1. The molecular formula is C17H19N3O. The maximum absolute atomic E-state index is 5.77. The van der Waals surface area contributed by atoms with E-state index >= 15 is 0 Å². The summed E-state index contributed by atoms with van der Waals surface area (Å²) in [6, 6.07) is 14.0. The summed E-state index contributed by atoms with van der Waals surface area (Å²) in [7, 11) is 0. The third-order valence-corrected chi connectivity index (χ3v) is 3.40. The predicted octanol–water partition coefficient (Wildman–Crippen LogP) is 3.48. The van der Waals surface area contributed by atoms with Crippen molar-refractivity contribution in [1.29, 1.82) is 0 Å². The zero-order valence-electron chi connectivity index (χ0n) is 12.1. The van der Waals surface area contributed by atoms with E-state index in [-0.39, 0.29) is 0 Å². The van der Waals surface area contributed by atoms with Gasteiger partial charge in [0.05, 0.1) is 17.6 Å². The Morgan fingerprint density at radius 2 is 2.05 bits per heavy atom. The van der Waals surface area contributed by atoms with Crippen molar-refractivity contribution in [3.05, 3.63) is 48.0 Å². The van der Waals surface area contributed by atoms with E-state index in [4.69, 9.17) is 10.5 Å². The molecule has 3 N–H and O–H groups in total. The summed E-state index contributed by atoms with van der Waals surface area (Å²) in [4.78, 5) is 8.03. The number of para-hydroxylation sites is 1. The molecule has 4 heteroatoms. The summed E-state index contributed by atoms with van der Waals surface area (Å²) in [6.45, 7) is 3.31. The molecule has 0 aliphatic rings. The van der Waals surface area contributed by atoms with E-state index in [1.54, 1.807) is 0 Å². The number of H-pyrrole nitrogens is 1. The molecule has 0 fully saturated rings. The summed E-state index contributed by atoms with van der Waals surface area (Å²) in [5.74, 6) is 1.71. The number of imidazole rings is 1. The lowest BCUT2D eigenvalue weighted by Crippen LogP contribution is -1.96. The smallest absolute Gasteiger partial charge is 0.138 e. The SMILES string of the molecule is CCCOc1cccc(-c2nc3c(CN)cccc3[nH]2)c1. The molecule has 0 saturated carbocycles. The lowest BCUT2D eigenvalue weighted by atomic mass is 10.2. The second-order valence-corrected chi connectivity index (χ2v) is 4.98. The van der Waals surface area contributed by atoms with Crippen LogP contribution in [0.3, 0.4) is 0 Å². The first kappa shape index (κ1) is 13.6. The summed E-state index contributed by atoms with van der Waals surface area (Å²) in [6.07, 6.45) is 0.995. The van der Waals surface area contributed by atoms with Crippen molar-refractivity contribution in [2.75, 3.05) is 6.61 Å². The van der Waals surface area contributed by atoms with Crippen LogP contribution in [0.1, 0.15) is 18.9 Å².